The molecule has 0 spiro atoms. The van der Waals surface area contributed by atoms with Crippen LogP contribution in [0.5, 0.6) is 5.75 Å². The molecular formula is C17H16FN3O3. The second-order valence-corrected chi connectivity index (χ2v) is 4.64. The summed E-state index contributed by atoms with van der Waals surface area (Å²) >= 11 is 0. The molecule has 2 rings (SSSR count). The summed E-state index contributed by atoms with van der Waals surface area (Å²) in [5.74, 6) is -1.98. The summed E-state index contributed by atoms with van der Waals surface area (Å²) in [5, 5.41) is 5.86. The number of nitrogens with one attached hydrogen (secondary N) is 2. The fourth-order valence-electron chi connectivity index (χ4n) is 1.81. The third-order valence-corrected chi connectivity index (χ3v) is 2.88. The molecule has 0 atom stereocenters. The first-order chi connectivity index (χ1) is 11.6. The minimum Gasteiger partial charge on any atom is -0.494 e. The van der Waals surface area contributed by atoms with Crippen molar-refractivity contribution in [2.45, 2.75) is 6.92 Å². The number of halogens is 1. The Labute approximate surface area is 138 Å². The van der Waals surface area contributed by atoms with Gasteiger partial charge in [0.05, 0.1) is 18.5 Å². The van der Waals surface area contributed by atoms with Gasteiger partial charge in [-0.25, -0.2) is 9.82 Å². The van der Waals surface area contributed by atoms with E-state index >= 15 is 0 Å². The number of anilines is 1. The molecule has 24 heavy (non-hydrogen) atoms. The summed E-state index contributed by atoms with van der Waals surface area (Å²) in [6.07, 6.45) is 1.37. The normalized spacial score (nSPS) is 10.4. The Hall–Kier alpha value is -3.22. The van der Waals surface area contributed by atoms with Gasteiger partial charge in [-0.05, 0) is 36.8 Å². The third kappa shape index (κ3) is 4.91. The Bertz CT molecular complexity index is 762. The summed E-state index contributed by atoms with van der Waals surface area (Å²) < 4.78 is 18.7. The highest BCUT2D eigenvalue weighted by atomic mass is 19.1. The summed E-state index contributed by atoms with van der Waals surface area (Å²) in [5.41, 5.74) is 2.69. The van der Waals surface area contributed by atoms with E-state index in [4.69, 9.17) is 4.74 Å². The summed E-state index contributed by atoms with van der Waals surface area (Å²) in [6, 6.07) is 12.6. The smallest absolute Gasteiger partial charge is 0.329 e. The number of carbonyl (C=O) groups is 2. The molecule has 0 radical (unpaired) electrons. The predicted molar refractivity (Wildman–Crippen MR) is 88.4 cm³/mol. The second kappa shape index (κ2) is 8.42. The zero-order chi connectivity index (χ0) is 17.4. The molecule has 0 aliphatic rings. The fraction of sp³-hybridized carbons (Fsp3) is 0.118. The summed E-state index contributed by atoms with van der Waals surface area (Å²) in [7, 11) is 0. The molecule has 2 aromatic rings. The number of amides is 2. The van der Waals surface area contributed by atoms with Crippen molar-refractivity contribution in [3.63, 3.8) is 0 Å². The van der Waals surface area contributed by atoms with Crippen molar-refractivity contribution in [1.29, 1.82) is 0 Å². The number of benzene rings is 2. The van der Waals surface area contributed by atoms with Crippen LogP contribution in [0, 0.1) is 5.82 Å². The van der Waals surface area contributed by atoms with E-state index in [1.165, 1.54) is 24.4 Å². The van der Waals surface area contributed by atoms with Crippen molar-refractivity contribution >= 4 is 23.7 Å². The standard InChI is InChI=1S/C17H16FN3O3/c1-2-24-13-7-5-6-12(10-13)11-19-21-17(23)16(22)20-15-9-4-3-8-14(15)18/h3-11H,2H2,1H3,(H,20,22)(H,21,23)/b19-11-. The molecule has 0 fully saturated rings. The van der Waals surface area contributed by atoms with Crippen LogP contribution in [0.3, 0.4) is 0 Å². The van der Waals surface area contributed by atoms with Crippen LogP contribution in [0.1, 0.15) is 12.5 Å². The number of ether oxygens (including phenoxy) is 1. The van der Waals surface area contributed by atoms with Crippen LogP contribution in [0.2, 0.25) is 0 Å². The van der Waals surface area contributed by atoms with E-state index in [1.54, 1.807) is 30.3 Å². The summed E-state index contributed by atoms with van der Waals surface area (Å²) in [6.45, 7) is 2.41. The van der Waals surface area contributed by atoms with Crippen molar-refractivity contribution in [3.05, 3.63) is 59.9 Å². The van der Waals surface area contributed by atoms with Gasteiger partial charge in [0.1, 0.15) is 11.6 Å². The van der Waals surface area contributed by atoms with Crippen LogP contribution in [-0.2, 0) is 9.59 Å². The Morgan fingerprint density at radius 3 is 2.71 bits per heavy atom. The highest BCUT2D eigenvalue weighted by Gasteiger charge is 2.14. The number of hydrogen-bond acceptors (Lipinski definition) is 4. The van der Waals surface area contributed by atoms with Gasteiger partial charge in [0.2, 0.25) is 0 Å². The van der Waals surface area contributed by atoms with E-state index in [0.29, 0.717) is 17.9 Å². The molecule has 7 heteroatoms. The van der Waals surface area contributed by atoms with Crippen LogP contribution in [0.15, 0.2) is 53.6 Å². The molecule has 0 bridgehead atoms. The van der Waals surface area contributed by atoms with Crippen molar-refractivity contribution in [1.82, 2.24) is 5.43 Å². The predicted octanol–water partition coefficient (Wildman–Crippen LogP) is 2.31. The quantitative estimate of drug-likeness (QED) is 0.502. The Kier molecular flexibility index (Phi) is 6.01. The zero-order valence-electron chi connectivity index (χ0n) is 13.0. The first-order valence-corrected chi connectivity index (χ1v) is 7.22. The Morgan fingerprint density at radius 2 is 1.96 bits per heavy atom. The molecular weight excluding hydrogens is 313 g/mol. The van der Waals surface area contributed by atoms with E-state index in [2.05, 4.69) is 15.8 Å². The maximum atomic E-state index is 13.4. The van der Waals surface area contributed by atoms with Crippen LogP contribution in [0.4, 0.5) is 10.1 Å². The molecule has 0 aromatic heterocycles. The molecule has 2 amide bonds. The fourth-order valence-corrected chi connectivity index (χ4v) is 1.81. The molecule has 0 aliphatic carbocycles. The number of nitrogens with zero attached hydrogens (tertiary/aromatic N) is 1. The van der Waals surface area contributed by atoms with E-state index in [0.717, 1.165) is 0 Å². The van der Waals surface area contributed by atoms with Gasteiger partial charge in [-0.3, -0.25) is 9.59 Å². The average Bonchev–Trinajstić information content (AvgIpc) is 2.57. The maximum Gasteiger partial charge on any atom is 0.329 e. The Balaban J connectivity index is 1.91. The van der Waals surface area contributed by atoms with Crippen LogP contribution >= 0.6 is 0 Å². The monoisotopic (exact) mass is 329 g/mol. The second-order valence-electron chi connectivity index (χ2n) is 4.64. The van der Waals surface area contributed by atoms with Gasteiger partial charge < -0.3 is 10.1 Å². The lowest BCUT2D eigenvalue weighted by Gasteiger charge is -2.05. The lowest BCUT2D eigenvalue weighted by Crippen LogP contribution is -2.32. The highest BCUT2D eigenvalue weighted by Crippen LogP contribution is 2.12. The molecule has 0 saturated carbocycles. The summed E-state index contributed by atoms with van der Waals surface area (Å²) in [4.78, 5) is 23.3. The SMILES string of the molecule is CCOc1cccc(/C=N\NC(=O)C(=O)Nc2ccccc2F)c1. The topological polar surface area (TPSA) is 79.8 Å². The van der Waals surface area contributed by atoms with E-state index < -0.39 is 17.6 Å². The molecule has 0 saturated heterocycles. The first-order valence-electron chi connectivity index (χ1n) is 7.22. The highest BCUT2D eigenvalue weighted by molar-refractivity contribution is 6.39. The third-order valence-electron chi connectivity index (χ3n) is 2.88. The van der Waals surface area contributed by atoms with Crippen LogP contribution < -0.4 is 15.5 Å². The lowest BCUT2D eigenvalue weighted by atomic mass is 10.2. The lowest BCUT2D eigenvalue weighted by molar-refractivity contribution is -0.136. The van der Waals surface area contributed by atoms with Crippen LogP contribution in [0.25, 0.3) is 0 Å². The molecule has 6 nitrogen and oxygen atoms in total. The first kappa shape index (κ1) is 17.1. The van der Waals surface area contributed by atoms with Gasteiger partial charge in [-0.15, -0.1) is 0 Å². The molecule has 0 heterocycles. The average molecular weight is 329 g/mol. The number of hydrogen-bond donors (Lipinski definition) is 2. The van der Waals surface area contributed by atoms with Gasteiger partial charge >= 0.3 is 11.8 Å². The van der Waals surface area contributed by atoms with Gasteiger partial charge in [0.15, 0.2) is 0 Å². The molecule has 2 aromatic carbocycles. The van der Waals surface area contributed by atoms with Crippen molar-refractivity contribution in [3.8, 4) is 5.75 Å². The molecule has 2 N–H and O–H groups in total. The van der Waals surface area contributed by atoms with E-state index in [9.17, 15) is 14.0 Å². The number of para-hydroxylation sites is 1. The van der Waals surface area contributed by atoms with Crippen molar-refractivity contribution in [2.75, 3.05) is 11.9 Å². The number of hydrazone groups is 1. The van der Waals surface area contributed by atoms with E-state index in [1.807, 2.05) is 6.92 Å². The van der Waals surface area contributed by atoms with Crippen LogP contribution in [-0.4, -0.2) is 24.6 Å². The van der Waals surface area contributed by atoms with Crippen molar-refractivity contribution in [2.24, 2.45) is 5.10 Å². The zero-order valence-corrected chi connectivity index (χ0v) is 13.0. The molecule has 0 unspecified atom stereocenters. The molecule has 0 aliphatic heterocycles. The van der Waals surface area contributed by atoms with Crippen molar-refractivity contribution < 1.29 is 18.7 Å². The minimum absolute atomic E-state index is 0.0777. The van der Waals surface area contributed by atoms with E-state index in [-0.39, 0.29) is 5.69 Å². The van der Waals surface area contributed by atoms with Gasteiger partial charge in [-0.2, -0.15) is 5.10 Å². The van der Waals surface area contributed by atoms with Gasteiger partial charge in [0, 0.05) is 0 Å². The molecule has 124 valence electrons. The largest absolute Gasteiger partial charge is 0.494 e. The van der Waals surface area contributed by atoms with Gasteiger partial charge in [0.25, 0.3) is 0 Å². The minimum atomic E-state index is -1.01. The Morgan fingerprint density at radius 1 is 1.17 bits per heavy atom. The number of carbonyl (C=O) groups excluding carboxylic acids is 2. The van der Waals surface area contributed by atoms with Gasteiger partial charge in [-0.1, -0.05) is 24.3 Å². The number of rotatable bonds is 5. The maximum absolute atomic E-state index is 13.4.